The lowest BCUT2D eigenvalue weighted by Crippen LogP contribution is -2.03. The van der Waals surface area contributed by atoms with Crippen molar-refractivity contribution in [1.29, 1.82) is 0 Å². The van der Waals surface area contributed by atoms with Crippen molar-refractivity contribution in [3.8, 4) is 23.0 Å². The maximum atomic E-state index is 14.1. The van der Waals surface area contributed by atoms with Crippen molar-refractivity contribution < 1.29 is 28.6 Å². The number of hydrogen-bond acceptors (Lipinski definition) is 7. The number of aliphatic hydroxyl groups is 1. The van der Waals surface area contributed by atoms with Crippen molar-refractivity contribution in [3.05, 3.63) is 58.5 Å². The molecule has 2 aromatic carbocycles. The van der Waals surface area contributed by atoms with Crippen LogP contribution >= 0.6 is 0 Å². The summed E-state index contributed by atoms with van der Waals surface area (Å²) in [5.41, 5.74) is 0.135. The first kappa shape index (κ1) is 21.8. The molecule has 3 aromatic rings. The number of non-ortho nitro benzene ring substituents is 1. The van der Waals surface area contributed by atoms with Gasteiger partial charge in [0.15, 0.2) is 23.1 Å². The summed E-state index contributed by atoms with van der Waals surface area (Å²) in [4.78, 5) is 14.3. The highest BCUT2D eigenvalue weighted by molar-refractivity contribution is 5.88. The molecule has 0 spiro atoms. The van der Waals surface area contributed by atoms with Crippen molar-refractivity contribution in [2.24, 2.45) is 0 Å². The van der Waals surface area contributed by atoms with Crippen LogP contribution in [0.2, 0.25) is 0 Å². The Bertz CT molecular complexity index is 996. The Morgan fingerprint density at radius 1 is 1.10 bits per heavy atom. The minimum Gasteiger partial charge on any atom is -0.493 e. The van der Waals surface area contributed by atoms with Gasteiger partial charge in [0.2, 0.25) is 0 Å². The summed E-state index contributed by atoms with van der Waals surface area (Å²) in [5, 5.41) is 20.2. The molecule has 9 heteroatoms. The van der Waals surface area contributed by atoms with Crippen LogP contribution in [0.5, 0.6) is 23.0 Å². The molecule has 0 aliphatic carbocycles. The zero-order valence-corrected chi connectivity index (χ0v) is 16.2. The monoisotopic (exact) mass is 404 g/mol. The van der Waals surface area contributed by atoms with Crippen LogP contribution in [0.25, 0.3) is 10.9 Å². The van der Waals surface area contributed by atoms with E-state index in [-0.39, 0.29) is 24.7 Å². The van der Waals surface area contributed by atoms with E-state index >= 15 is 0 Å². The first-order valence-corrected chi connectivity index (χ1v) is 8.85. The van der Waals surface area contributed by atoms with Gasteiger partial charge in [-0.05, 0) is 18.2 Å². The minimum atomic E-state index is -0.857. The Morgan fingerprint density at radius 2 is 1.86 bits per heavy atom. The van der Waals surface area contributed by atoms with Crippen LogP contribution < -0.4 is 14.2 Å². The van der Waals surface area contributed by atoms with Crippen molar-refractivity contribution in [2.75, 3.05) is 20.3 Å². The SMILES string of the molecule is CC.COc1cc2c(Oc3ccc([N+](=O)[O-])cc3F)ccnc2cc1OCCO. The smallest absolute Gasteiger partial charge is 0.272 e. The number of benzene rings is 2. The van der Waals surface area contributed by atoms with Crippen LogP contribution in [-0.2, 0) is 0 Å². The Hall–Kier alpha value is -3.46. The Labute approximate surface area is 166 Å². The van der Waals surface area contributed by atoms with E-state index in [0.29, 0.717) is 28.2 Å². The lowest BCUT2D eigenvalue weighted by atomic mass is 10.1. The summed E-state index contributed by atoms with van der Waals surface area (Å²) in [6, 6.07) is 7.91. The van der Waals surface area contributed by atoms with E-state index in [1.165, 1.54) is 25.4 Å². The lowest BCUT2D eigenvalue weighted by molar-refractivity contribution is -0.385. The van der Waals surface area contributed by atoms with Crippen molar-refractivity contribution in [2.45, 2.75) is 13.8 Å². The molecular formula is C20H21FN2O6. The van der Waals surface area contributed by atoms with Gasteiger partial charge in [0.1, 0.15) is 12.4 Å². The van der Waals surface area contributed by atoms with E-state index in [0.717, 1.165) is 12.1 Å². The van der Waals surface area contributed by atoms with Crippen LogP contribution in [0.15, 0.2) is 42.6 Å². The molecule has 3 rings (SSSR count). The van der Waals surface area contributed by atoms with Gasteiger partial charge in [0, 0.05) is 23.7 Å². The molecule has 0 radical (unpaired) electrons. The van der Waals surface area contributed by atoms with E-state index in [2.05, 4.69) is 4.98 Å². The third-order valence-electron chi connectivity index (χ3n) is 3.68. The molecule has 0 aliphatic rings. The summed E-state index contributed by atoms with van der Waals surface area (Å²) in [7, 11) is 1.46. The van der Waals surface area contributed by atoms with Gasteiger partial charge in [-0.15, -0.1) is 0 Å². The first-order valence-electron chi connectivity index (χ1n) is 8.85. The van der Waals surface area contributed by atoms with Gasteiger partial charge >= 0.3 is 0 Å². The molecule has 0 saturated carbocycles. The molecule has 0 bridgehead atoms. The van der Waals surface area contributed by atoms with Crippen molar-refractivity contribution in [1.82, 2.24) is 4.98 Å². The van der Waals surface area contributed by atoms with E-state index in [1.807, 2.05) is 13.8 Å². The van der Waals surface area contributed by atoms with Gasteiger partial charge in [-0.1, -0.05) is 13.8 Å². The van der Waals surface area contributed by atoms with Crippen LogP contribution in [0, 0.1) is 15.9 Å². The van der Waals surface area contributed by atoms with Gasteiger partial charge in [-0.3, -0.25) is 15.1 Å². The summed E-state index contributed by atoms with van der Waals surface area (Å²) in [6.07, 6.45) is 1.48. The number of methoxy groups -OCH3 is 1. The van der Waals surface area contributed by atoms with E-state index in [1.54, 1.807) is 12.1 Å². The second-order valence-electron chi connectivity index (χ2n) is 5.38. The molecule has 0 amide bonds. The summed E-state index contributed by atoms with van der Waals surface area (Å²) in [6.45, 7) is 3.93. The maximum Gasteiger partial charge on any atom is 0.272 e. The predicted molar refractivity (Wildman–Crippen MR) is 105 cm³/mol. The lowest BCUT2D eigenvalue weighted by Gasteiger charge is -2.13. The molecule has 0 atom stereocenters. The van der Waals surface area contributed by atoms with Gasteiger partial charge in [-0.25, -0.2) is 4.39 Å². The quantitative estimate of drug-likeness (QED) is 0.457. The fraction of sp³-hybridized carbons (Fsp3) is 0.250. The van der Waals surface area contributed by atoms with Gasteiger partial charge in [0.05, 0.1) is 30.2 Å². The number of nitro benzene ring substituents is 1. The van der Waals surface area contributed by atoms with Gasteiger partial charge in [-0.2, -0.15) is 0 Å². The molecule has 0 unspecified atom stereocenters. The average molecular weight is 404 g/mol. The number of halogens is 1. The molecule has 1 aromatic heterocycles. The number of aliphatic hydroxyl groups excluding tert-OH is 1. The number of nitro groups is 1. The average Bonchev–Trinajstić information content (AvgIpc) is 2.74. The molecule has 0 aliphatic heterocycles. The fourth-order valence-electron chi connectivity index (χ4n) is 2.45. The molecule has 154 valence electrons. The number of hydrogen-bond donors (Lipinski definition) is 1. The fourth-order valence-corrected chi connectivity index (χ4v) is 2.45. The van der Waals surface area contributed by atoms with Crippen molar-refractivity contribution >= 4 is 16.6 Å². The maximum absolute atomic E-state index is 14.1. The van der Waals surface area contributed by atoms with Crippen LogP contribution in [-0.4, -0.2) is 35.3 Å². The van der Waals surface area contributed by atoms with Crippen LogP contribution in [0.4, 0.5) is 10.1 Å². The molecule has 29 heavy (non-hydrogen) atoms. The van der Waals surface area contributed by atoms with Crippen molar-refractivity contribution in [3.63, 3.8) is 0 Å². The number of ether oxygens (including phenoxy) is 3. The Balaban J connectivity index is 0.00000145. The predicted octanol–water partition coefficient (Wildman–Crippen LogP) is 4.48. The highest BCUT2D eigenvalue weighted by Crippen LogP contribution is 2.37. The number of pyridine rings is 1. The summed E-state index contributed by atoms with van der Waals surface area (Å²) < 4.78 is 30.4. The second-order valence-corrected chi connectivity index (χ2v) is 5.38. The minimum absolute atomic E-state index is 0.0893. The second kappa shape index (κ2) is 10.2. The third kappa shape index (κ3) is 5.08. The standard InChI is InChI=1S/C18H15FN2O6.C2H6/c1-25-17-9-12-14(10-18(17)26-7-6-22)20-5-4-15(12)27-16-3-2-11(21(23)24)8-13(16)19;1-2/h2-5,8-10,22H,6-7H2,1H3;1-2H3. The normalized spacial score (nSPS) is 10.1. The molecule has 1 heterocycles. The highest BCUT2D eigenvalue weighted by atomic mass is 19.1. The molecule has 8 nitrogen and oxygen atoms in total. The van der Waals surface area contributed by atoms with Crippen LogP contribution in [0.3, 0.4) is 0 Å². The van der Waals surface area contributed by atoms with E-state index < -0.39 is 10.7 Å². The molecule has 0 saturated heterocycles. The summed E-state index contributed by atoms with van der Waals surface area (Å²) >= 11 is 0. The summed E-state index contributed by atoms with van der Waals surface area (Å²) in [5.74, 6) is 0.0552. The number of fused-ring (bicyclic) bond motifs is 1. The van der Waals surface area contributed by atoms with Gasteiger partial charge in [0.25, 0.3) is 5.69 Å². The highest BCUT2D eigenvalue weighted by Gasteiger charge is 2.15. The zero-order chi connectivity index (χ0) is 21.4. The Morgan fingerprint density at radius 3 is 2.48 bits per heavy atom. The largest absolute Gasteiger partial charge is 0.493 e. The van der Waals surface area contributed by atoms with Gasteiger partial charge < -0.3 is 19.3 Å². The number of nitrogens with zero attached hydrogens (tertiary/aromatic N) is 2. The molecule has 1 N–H and O–H groups in total. The topological polar surface area (TPSA) is 104 Å². The van der Waals surface area contributed by atoms with E-state index in [9.17, 15) is 14.5 Å². The first-order chi connectivity index (χ1) is 14.0. The molecular weight excluding hydrogens is 383 g/mol. The zero-order valence-electron chi connectivity index (χ0n) is 16.2. The number of rotatable bonds is 7. The van der Waals surface area contributed by atoms with Crippen LogP contribution in [0.1, 0.15) is 13.8 Å². The molecule has 0 fully saturated rings. The van der Waals surface area contributed by atoms with E-state index in [4.69, 9.17) is 19.3 Å². The number of aromatic nitrogens is 1. The third-order valence-corrected chi connectivity index (χ3v) is 3.68. The Kier molecular flexibility index (Phi) is 7.67.